The van der Waals surface area contributed by atoms with Crippen molar-refractivity contribution in [3.8, 4) is 0 Å². The predicted octanol–water partition coefficient (Wildman–Crippen LogP) is 4.08. The van der Waals surface area contributed by atoms with Gasteiger partial charge in [0.15, 0.2) is 0 Å². The number of alkyl halides is 6. The van der Waals surface area contributed by atoms with Gasteiger partial charge < -0.3 is 0 Å². The molecule has 0 fully saturated rings. The van der Waals surface area contributed by atoms with Crippen molar-refractivity contribution < 1.29 is 51.1 Å². The number of hydrogen-bond acceptors (Lipinski definition) is 6. The summed E-state index contributed by atoms with van der Waals surface area (Å²) in [6.45, 7) is 0. The van der Waals surface area contributed by atoms with Gasteiger partial charge in [-0.3, -0.25) is 0 Å². The maximum absolute atomic E-state index is 13.6. The standard InChI is InChI=1S/C20H15F6O6PS2/c21-19(22,23)34(27,28)31-33(16-10-4-1-5-11-16,17-12-6-2-7-13-17,18-14-8-3-9-15-18)32-35(29,30)20(24,25)26/h1-15H. The van der Waals surface area contributed by atoms with Gasteiger partial charge in [-0.25, -0.2) is 0 Å². The van der Waals surface area contributed by atoms with E-state index in [1.807, 2.05) is 0 Å². The fourth-order valence-electron chi connectivity index (χ4n) is 3.27. The topological polar surface area (TPSA) is 86.7 Å². The van der Waals surface area contributed by atoms with Crippen LogP contribution in [0.15, 0.2) is 91.0 Å². The molecule has 0 radical (unpaired) electrons. The van der Waals surface area contributed by atoms with Crippen molar-refractivity contribution in [3.63, 3.8) is 0 Å². The Morgan fingerprint density at radius 3 is 0.914 bits per heavy atom. The number of rotatable bonds is 7. The van der Waals surface area contributed by atoms with Crippen LogP contribution in [0, 0.1) is 0 Å². The SMILES string of the molecule is O=S(=O)(OP(OS(=O)(=O)C(F)(F)F)(c1ccccc1)(c1ccccc1)c1ccccc1)C(F)(F)F. The number of benzene rings is 3. The minimum absolute atomic E-state index is 0.684. The van der Waals surface area contributed by atoms with Gasteiger partial charge >= 0.3 is 196 Å². The first kappa shape index (κ1) is 27.1. The van der Waals surface area contributed by atoms with Crippen molar-refractivity contribution in [1.29, 1.82) is 0 Å². The van der Waals surface area contributed by atoms with Crippen LogP contribution >= 0.6 is 7.06 Å². The third-order valence-electron chi connectivity index (χ3n) is 4.72. The molecule has 15 heteroatoms. The van der Waals surface area contributed by atoms with E-state index in [2.05, 4.69) is 0 Å². The van der Waals surface area contributed by atoms with Crippen LogP contribution in [0.25, 0.3) is 0 Å². The summed E-state index contributed by atoms with van der Waals surface area (Å²) in [5.74, 6) is 0. The maximum atomic E-state index is 13.6. The third-order valence-corrected chi connectivity index (χ3v) is 13.4. The van der Waals surface area contributed by atoms with Crippen LogP contribution in [0.4, 0.5) is 26.3 Å². The average molecular weight is 560 g/mol. The van der Waals surface area contributed by atoms with Crippen molar-refractivity contribution >= 4 is 43.2 Å². The van der Waals surface area contributed by atoms with Crippen molar-refractivity contribution in [2.75, 3.05) is 0 Å². The fraction of sp³-hybridized carbons (Fsp3) is 0.100. The Hall–Kier alpha value is -2.51. The zero-order valence-corrected chi connectivity index (χ0v) is 19.7. The molecule has 0 spiro atoms. The molecule has 0 bridgehead atoms. The van der Waals surface area contributed by atoms with Crippen LogP contribution < -0.4 is 15.9 Å². The van der Waals surface area contributed by atoms with Gasteiger partial charge in [-0.05, 0) is 0 Å². The van der Waals surface area contributed by atoms with Gasteiger partial charge in [0.2, 0.25) is 0 Å². The summed E-state index contributed by atoms with van der Waals surface area (Å²) in [5.41, 5.74) is -12.3. The van der Waals surface area contributed by atoms with E-state index in [1.54, 1.807) is 0 Å². The quantitative estimate of drug-likeness (QED) is 0.246. The summed E-state index contributed by atoms with van der Waals surface area (Å²) in [6, 6.07) is 16.4. The second-order valence-corrected chi connectivity index (χ2v) is 14.3. The molecule has 3 aromatic rings. The summed E-state index contributed by atoms with van der Waals surface area (Å²) in [6.07, 6.45) is 0. The molecule has 190 valence electrons. The Kier molecular flexibility index (Phi) is 6.85. The van der Waals surface area contributed by atoms with Crippen LogP contribution in [0.1, 0.15) is 0 Å². The Bertz CT molecular complexity index is 1250. The van der Waals surface area contributed by atoms with E-state index in [4.69, 9.17) is 7.94 Å². The molecule has 0 aromatic heterocycles. The summed E-state index contributed by atoms with van der Waals surface area (Å²) in [7, 11) is -20.2. The van der Waals surface area contributed by atoms with E-state index in [0.717, 1.165) is 72.8 Å². The molecule has 0 atom stereocenters. The van der Waals surface area contributed by atoms with Crippen molar-refractivity contribution in [2.24, 2.45) is 0 Å². The van der Waals surface area contributed by atoms with E-state index in [-0.39, 0.29) is 0 Å². The normalized spacial score (nSPS) is 14.7. The van der Waals surface area contributed by atoms with Gasteiger partial charge in [0.25, 0.3) is 0 Å². The van der Waals surface area contributed by atoms with Gasteiger partial charge in [-0.1, -0.05) is 0 Å². The Balaban J connectivity index is 2.69. The molecule has 0 aliphatic carbocycles. The Morgan fingerprint density at radius 1 is 0.486 bits per heavy atom. The van der Waals surface area contributed by atoms with Crippen LogP contribution in [0.5, 0.6) is 0 Å². The van der Waals surface area contributed by atoms with E-state index in [9.17, 15) is 43.2 Å². The molecular weight excluding hydrogens is 545 g/mol. The van der Waals surface area contributed by atoms with E-state index < -0.39 is 54.2 Å². The zero-order valence-electron chi connectivity index (χ0n) is 17.1. The van der Waals surface area contributed by atoms with E-state index >= 15 is 0 Å². The molecule has 0 aliphatic rings. The van der Waals surface area contributed by atoms with Gasteiger partial charge in [0.05, 0.1) is 0 Å². The van der Waals surface area contributed by atoms with Crippen molar-refractivity contribution in [1.82, 2.24) is 0 Å². The molecule has 0 unspecified atom stereocenters. The summed E-state index contributed by atoms with van der Waals surface area (Å²) in [5, 5.41) is -2.05. The van der Waals surface area contributed by atoms with Crippen LogP contribution in [-0.2, 0) is 28.2 Å². The average Bonchev–Trinajstić information content (AvgIpc) is 2.78. The van der Waals surface area contributed by atoms with E-state index in [1.165, 1.54) is 18.2 Å². The second kappa shape index (κ2) is 8.86. The van der Waals surface area contributed by atoms with Crippen LogP contribution in [-0.4, -0.2) is 27.9 Å². The van der Waals surface area contributed by atoms with E-state index in [0.29, 0.717) is 0 Å². The fourth-order valence-corrected chi connectivity index (χ4v) is 12.4. The Labute approximate surface area is 196 Å². The minimum atomic E-state index is -6.77. The van der Waals surface area contributed by atoms with Crippen molar-refractivity contribution in [2.45, 2.75) is 11.0 Å². The van der Waals surface area contributed by atoms with Crippen molar-refractivity contribution in [3.05, 3.63) is 91.0 Å². The Morgan fingerprint density at radius 2 is 0.714 bits per heavy atom. The molecule has 6 nitrogen and oxygen atoms in total. The second-order valence-electron chi connectivity index (χ2n) is 6.91. The molecule has 0 amide bonds. The van der Waals surface area contributed by atoms with Gasteiger partial charge in [-0.15, -0.1) is 0 Å². The van der Waals surface area contributed by atoms with Gasteiger partial charge in [-0.2, -0.15) is 0 Å². The number of halogens is 6. The monoisotopic (exact) mass is 560 g/mol. The molecule has 0 N–H and O–H groups in total. The molecule has 0 heterocycles. The molecule has 3 rings (SSSR count). The zero-order chi connectivity index (χ0) is 26.2. The molecule has 0 saturated carbocycles. The first-order chi connectivity index (χ1) is 16.1. The third kappa shape index (κ3) is 4.56. The van der Waals surface area contributed by atoms with Gasteiger partial charge in [0, 0.05) is 0 Å². The molecule has 35 heavy (non-hydrogen) atoms. The molecule has 3 aromatic carbocycles. The van der Waals surface area contributed by atoms with Gasteiger partial charge in [0.1, 0.15) is 0 Å². The number of hydrogen-bond donors (Lipinski definition) is 0. The molecule has 0 aliphatic heterocycles. The van der Waals surface area contributed by atoms with Crippen LogP contribution in [0.2, 0.25) is 0 Å². The summed E-state index contributed by atoms with van der Waals surface area (Å²) < 4.78 is 141. The first-order valence-corrected chi connectivity index (χ1v) is 14.2. The van der Waals surface area contributed by atoms with Crippen LogP contribution in [0.3, 0.4) is 0 Å². The summed E-state index contributed by atoms with van der Waals surface area (Å²) in [4.78, 5) is 0. The molecule has 0 saturated heterocycles. The summed E-state index contributed by atoms with van der Waals surface area (Å²) >= 11 is 0. The first-order valence-electron chi connectivity index (χ1n) is 9.31. The molecular formula is C20H15F6O6PS2. The predicted molar refractivity (Wildman–Crippen MR) is 117 cm³/mol.